The van der Waals surface area contributed by atoms with Gasteiger partial charge in [-0.25, -0.2) is 0 Å². The second-order valence-corrected chi connectivity index (χ2v) is 5.83. The highest BCUT2D eigenvalue weighted by atomic mass is 16.5. The molecule has 2 N–H and O–H groups in total. The van der Waals surface area contributed by atoms with Gasteiger partial charge in [0.25, 0.3) is 0 Å². The van der Waals surface area contributed by atoms with Crippen molar-refractivity contribution in [3.05, 3.63) is 29.8 Å². The molecule has 0 spiro atoms. The van der Waals surface area contributed by atoms with Crippen LogP contribution in [0.3, 0.4) is 0 Å². The van der Waals surface area contributed by atoms with E-state index in [1.165, 1.54) is 18.4 Å². The molecule has 2 nitrogen and oxygen atoms in total. The summed E-state index contributed by atoms with van der Waals surface area (Å²) in [6.45, 7) is 8.27. The van der Waals surface area contributed by atoms with Gasteiger partial charge in [-0.1, -0.05) is 45.7 Å². The van der Waals surface area contributed by atoms with Crippen LogP contribution in [0.2, 0.25) is 0 Å². The second-order valence-electron chi connectivity index (χ2n) is 5.83. The highest BCUT2D eigenvalue weighted by Gasteiger charge is 2.12. The minimum absolute atomic E-state index is 0.209. The van der Waals surface area contributed by atoms with Crippen molar-refractivity contribution in [3.8, 4) is 5.75 Å². The summed E-state index contributed by atoms with van der Waals surface area (Å²) < 4.78 is 5.72. The zero-order chi connectivity index (χ0) is 13.4. The first-order valence-corrected chi connectivity index (χ1v) is 6.97. The third-order valence-electron chi connectivity index (χ3n) is 3.09. The Labute approximate surface area is 112 Å². The number of hydrogen-bond donors (Lipinski definition) is 1. The van der Waals surface area contributed by atoms with E-state index < -0.39 is 0 Å². The summed E-state index contributed by atoms with van der Waals surface area (Å²) in [5, 5.41) is 0. The average molecular weight is 249 g/mol. The van der Waals surface area contributed by atoms with Gasteiger partial charge in [0, 0.05) is 0 Å². The highest BCUT2D eigenvalue weighted by Crippen LogP contribution is 2.24. The molecule has 1 rings (SSSR count). The Balaban J connectivity index is 2.27. The molecule has 1 aromatic carbocycles. The van der Waals surface area contributed by atoms with Crippen molar-refractivity contribution in [3.63, 3.8) is 0 Å². The molecule has 0 unspecified atom stereocenters. The Hall–Kier alpha value is -1.02. The summed E-state index contributed by atoms with van der Waals surface area (Å²) in [4.78, 5) is 0. The molecule has 0 aromatic heterocycles. The van der Waals surface area contributed by atoms with Gasteiger partial charge < -0.3 is 10.5 Å². The van der Waals surface area contributed by atoms with Gasteiger partial charge in [-0.2, -0.15) is 0 Å². The molecule has 0 heterocycles. The van der Waals surface area contributed by atoms with Crippen molar-refractivity contribution in [1.29, 1.82) is 0 Å². The Morgan fingerprint density at radius 1 is 0.944 bits per heavy atom. The van der Waals surface area contributed by atoms with Gasteiger partial charge in [-0.15, -0.1) is 0 Å². The minimum Gasteiger partial charge on any atom is -0.494 e. The third kappa shape index (κ3) is 5.54. The fourth-order valence-electron chi connectivity index (χ4n) is 1.84. The summed E-state index contributed by atoms with van der Waals surface area (Å²) >= 11 is 0. The molecule has 0 bridgehead atoms. The first-order valence-electron chi connectivity index (χ1n) is 6.97. The van der Waals surface area contributed by atoms with E-state index in [1.54, 1.807) is 0 Å². The van der Waals surface area contributed by atoms with Gasteiger partial charge in [0.2, 0.25) is 0 Å². The maximum Gasteiger partial charge on any atom is 0.119 e. The normalized spacial score (nSPS) is 11.6. The van der Waals surface area contributed by atoms with Crippen LogP contribution < -0.4 is 10.5 Å². The van der Waals surface area contributed by atoms with E-state index in [4.69, 9.17) is 10.5 Å². The summed E-state index contributed by atoms with van der Waals surface area (Å²) in [6.07, 6.45) is 4.65. The van der Waals surface area contributed by atoms with Crippen LogP contribution in [0.25, 0.3) is 0 Å². The Kier molecular flexibility index (Phi) is 6.20. The number of hydrogen-bond acceptors (Lipinski definition) is 2. The van der Waals surface area contributed by atoms with Gasteiger partial charge in [-0.05, 0) is 42.5 Å². The molecule has 0 saturated heterocycles. The maximum atomic E-state index is 5.72. The molecule has 0 atom stereocenters. The van der Waals surface area contributed by atoms with Gasteiger partial charge in [0.15, 0.2) is 0 Å². The molecule has 0 radical (unpaired) electrons. The van der Waals surface area contributed by atoms with E-state index >= 15 is 0 Å². The molecule has 0 aliphatic rings. The Morgan fingerprint density at radius 2 is 1.56 bits per heavy atom. The van der Waals surface area contributed by atoms with Gasteiger partial charge >= 0.3 is 0 Å². The molecule has 102 valence electrons. The predicted octanol–water partition coefficient (Wildman–Crippen LogP) is 3.88. The lowest BCUT2D eigenvalue weighted by Gasteiger charge is -2.19. The van der Waals surface area contributed by atoms with E-state index in [-0.39, 0.29) is 5.41 Å². The number of benzene rings is 1. The lowest BCUT2D eigenvalue weighted by Crippen LogP contribution is -2.10. The van der Waals surface area contributed by atoms with Crippen LogP contribution in [-0.4, -0.2) is 13.2 Å². The van der Waals surface area contributed by atoms with Crippen LogP contribution in [0.5, 0.6) is 5.75 Å². The summed E-state index contributed by atoms with van der Waals surface area (Å²) in [5.41, 5.74) is 7.01. The van der Waals surface area contributed by atoms with E-state index in [9.17, 15) is 0 Å². The van der Waals surface area contributed by atoms with Crippen molar-refractivity contribution in [2.75, 3.05) is 13.2 Å². The van der Waals surface area contributed by atoms with Crippen LogP contribution in [-0.2, 0) is 5.41 Å². The van der Waals surface area contributed by atoms with E-state index in [2.05, 4.69) is 45.0 Å². The van der Waals surface area contributed by atoms with Gasteiger partial charge in [0.1, 0.15) is 5.75 Å². The first kappa shape index (κ1) is 15.0. The second kappa shape index (κ2) is 7.42. The van der Waals surface area contributed by atoms with Crippen molar-refractivity contribution < 1.29 is 4.74 Å². The Morgan fingerprint density at radius 3 is 2.11 bits per heavy atom. The molecular weight excluding hydrogens is 222 g/mol. The number of nitrogens with two attached hydrogens (primary N) is 1. The highest BCUT2D eigenvalue weighted by molar-refractivity contribution is 5.31. The molecule has 1 aromatic rings. The van der Waals surface area contributed by atoms with Crippen LogP contribution >= 0.6 is 0 Å². The van der Waals surface area contributed by atoms with Gasteiger partial charge in [-0.3, -0.25) is 0 Å². The molecule has 0 aliphatic carbocycles. The standard InChI is InChI=1S/C16H27NO/c1-16(2,3)14-8-10-15(11-9-14)18-13-7-5-4-6-12-17/h8-11H,4-7,12-13,17H2,1-3H3. The predicted molar refractivity (Wildman–Crippen MR) is 78.2 cm³/mol. The molecule has 0 aliphatic heterocycles. The van der Waals surface area contributed by atoms with Crippen molar-refractivity contribution in [2.24, 2.45) is 5.73 Å². The van der Waals surface area contributed by atoms with Crippen LogP contribution in [0.4, 0.5) is 0 Å². The summed E-state index contributed by atoms with van der Waals surface area (Å²) in [6, 6.07) is 8.45. The molecule has 0 saturated carbocycles. The summed E-state index contributed by atoms with van der Waals surface area (Å²) in [7, 11) is 0. The van der Waals surface area contributed by atoms with Crippen LogP contribution in [0.1, 0.15) is 52.0 Å². The van der Waals surface area contributed by atoms with Crippen molar-refractivity contribution >= 4 is 0 Å². The lowest BCUT2D eigenvalue weighted by molar-refractivity contribution is 0.304. The zero-order valence-electron chi connectivity index (χ0n) is 12.0. The fraction of sp³-hybridized carbons (Fsp3) is 0.625. The number of unbranched alkanes of at least 4 members (excludes halogenated alkanes) is 3. The minimum atomic E-state index is 0.209. The largest absolute Gasteiger partial charge is 0.494 e. The fourth-order valence-corrected chi connectivity index (χ4v) is 1.84. The smallest absolute Gasteiger partial charge is 0.119 e. The molecule has 0 fully saturated rings. The molecule has 0 amide bonds. The van der Waals surface area contributed by atoms with Crippen molar-refractivity contribution in [2.45, 2.75) is 51.9 Å². The average Bonchev–Trinajstić information content (AvgIpc) is 2.33. The third-order valence-corrected chi connectivity index (χ3v) is 3.09. The van der Waals surface area contributed by atoms with Crippen molar-refractivity contribution in [1.82, 2.24) is 0 Å². The van der Waals surface area contributed by atoms with Gasteiger partial charge in [0.05, 0.1) is 6.61 Å². The molecule has 18 heavy (non-hydrogen) atoms. The monoisotopic (exact) mass is 249 g/mol. The van der Waals surface area contributed by atoms with E-state index in [0.29, 0.717) is 0 Å². The lowest BCUT2D eigenvalue weighted by atomic mass is 9.87. The number of ether oxygens (including phenoxy) is 1. The van der Waals surface area contributed by atoms with Crippen LogP contribution in [0, 0.1) is 0 Å². The number of rotatable bonds is 7. The topological polar surface area (TPSA) is 35.2 Å². The molecule has 2 heteroatoms. The first-order chi connectivity index (χ1) is 8.54. The quantitative estimate of drug-likeness (QED) is 0.744. The SMILES string of the molecule is CC(C)(C)c1ccc(OCCCCCCN)cc1. The van der Waals surface area contributed by atoms with Crippen LogP contribution in [0.15, 0.2) is 24.3 Å². The molecular formula is C16H27NO. The van der Waals surface area contributed by atoms with E-state index in [0.717, 1.165) is 31.7 Å². The Bertz CT molecular complexity index is 324. The summed E-state index contributed by atoms with van der Waals surface area (Å²) in [5.74, 6) is 0.974. The maximum absolute atomic E-state index is 5.72. The zero-order valence-corrected chi connectivity index (χ0v) is 12.0. The van der Waals surface area contributed by atoms with E-state index in [1.807, 2.05) is 0 Å².